The average molecular weight is 240 g/mol. The topological polar surface area (TPSA) is 29.5 Å². The van der Waals surface area contributed by atoms with Crippen LogP contribution in [0, 0.1) is 5.92 Å². The molecule has 1 saturated heterocycles. The van der Waals surface area contributed by atoms with Gasteiger partial charge in [0.25, 0.3) is 0 Å². The van der Waals surface area contributed by atoms with Crippen molar-refractivity contribution in [1.29, 1.82) is 0 Å². The molecular weight excluding hydrogens is 226 g/mol. The van der Waals surface area contributed by atoms with Crippen molar-refractivity contribution < 1.29 is 9.63 Å². The number of halogens is 1. The molecule has 0 amide bonds. The molecule has 1 aromatic rings. The number of benzene rings is 1. The molecule has 4 heteroatoms. The van der Waals surface area contributed by atoms with Gasteiger partial charge >= 0.3 is 0 Å². The van der Waals surface area contributed by atoms with Gasteiger partial charge < -0.3 is 9.63 Å². The Hall–Kier alpha value is -0.900. The third-order valence-electron chi connectivity index (χ3n) is 3.06. The summed E-state index contributed by atoms with van der Waals surface area (Å²) in [5, 5.41) is 2.53. The zero-order valence-electron chi connectivity index (χ0n) is 9.10. The van der Waals surface area contributed by atoms with Gasteiger partial charge in [-0.1, -0.05) is 23.7 Å². The number of hydrogen-bond acceptors (Lipinski definition) is 3. The Kier molecular flexibility index (Phi) is 3.59. The smallest absolute Gasteiger partial charge is 0.125 e. The molecule has 3 nitrogen and oxygen atoms in total. The Morgan fingerprint density at radius 1 is 1.38 bits per heavy atom. The van der Waals surface area contributed by atoms with Gasteiger partial charge in [0.1, 0.15) is 6.29 Å². The van der Waals surface area contributed by atoms with E-state index in [1.54, 1.807) is 7.11 Å². The SMILES string of the molecule is CON1CC(C=O)C(c2ccc(Cl)cc2)C1. The van der Waals surface area contributed by atoms with E-state index in [4.69, 9.17) is 16.4 Å². The highest BCUT2D eigenvalue weighted by molar-refractivity contribution is 6.30. The van der Waals surface area contributed by atoms with Crippen molar-refractivity contribution in [3.05, 3.63) is 34.9 Å². The molecule has 86 valence electrons. The van der Waals surface area contributed by atoms with Gasteiger partial charge in [0.15, 0.2) is 0 Å². The summed E-state index contributed by atoms with van der Waals surface area (Å²) >= 11 is 5.84. The molecule has 0 bridgehead atoms. The van der Waals surface area contributed by atoms with E-state index in [1.807, 2.05) is 29.3 Å². The maximum atomic E-state index is 11.0. The number of aldehydes is 1. The summed E-state index contributed by atoms with van der Waals surface area (Å²) in [6.07, 6.45) is 1.01. The predicted molar refractivity (Wildman–Crippen MR) is 62.3 cm³/mol. The number of carbonyl (C=O) groups excluding carboxylic acids is 1. The highest BCUT2D eigenvalue weighted by Gasteiger charge is 2.33. The van der Waals surface area contributed by atoms with E-state index in [0.717, 1.165) is 18.4 Å². The first-order chi connectivity index (χ1) is 7.74. The molecule has 1 aromatic carbocycles. The number of hydrogen-bond donors (Lipinski definition) is 0. The summed E-state index contributed by atoms with van der Waals surface area (Å²) in [6.45, 7) is 1.41. The molecule has 2 rings (SSSR count). The Morgan fingerprint density at radius 3 is 2.62 bits per heavy atom. The zero-order valence-corrected chi connectivity index (χ0v) is 9.85. The lowest BCUT2D eigenvalue weighted by molar-refractivity contribution is -0.122. The van der Waals surface area contributed by atoms with Crippen LogP contribution < -0.4 is 0 Å². The van der Waals surface area contributed by atoms with Crippen molar-refractivity contribution in [2.24, 2.45) is 5.92 Å². The van der Waals surface area contributed by atoms with Crippen molar-refractivity contribution >= 4 is 17.9 Å². The number of hydroxylamine groups is 2. The molecule has 2 unspecified atom stereocenters. The standard InChI is InChI=1S/C12H14ClNO2/c1-16-14-6-10(8-15)12(7-14)9-2-4-11(13)5-3-9/h2-5,8,10,12H,6-7H2,1H3. The third-order valence-corrected chi connectivity index (χ3v) is 3.31. The monoisotopic (exact) mass is 239 g/mol. The molecule has 1 aliphatic rings. The molecule has 2 atom stereocenters. The summed E-state index contributed by atoms with van der Waals surface area (Å²) in [5.41, 5.74) is 1.14. The summed E-state index contributed by atoms with van der Waals surface area (Å²) < 4.78 is 0. The van der Waals surface area contributed by atoms with Crippen molar-refractivity contribution in [3.8, 4) is 0 Å². The lowest BCUT2D eigenvalue weighted by Gasteiger charge is -2.13. The Morgan fingerprint density at radius 2 is 2.06 bits per heavy atom. The van der Waals surface area contributed by atoms with Gasteiger partial charge in [-0.3, -0.25) is 0 Å². The summed E-state index contributed by atoms with van der Waals surface area (Å²) in [6, 6.07) is 7.66. The molecule has 16 heavy (non-hydrogen) atoms. The molecule has 0 aromatic heterocycles. The van der Waals surface area contributed by atoms with Crippen LogP contribution >= 0.6 is 11.6 Å². The maximum Gasteiger partial charge on any atom is 0.125 e. The largest absolute Gasteiger partial charge is 0.303 e. The highest BCUT2D eigenvalue weighted by Crippen LogP contribution is 2.31. The minimum absolute atomic E-state index is 0.00104. The Balaban J connectivity index is 2.19. The summed E-state index contributed by atoms with van der Waals surface area (Å²) in [5.74, 6) is 0.204. The third kappa shape index (κ3) is 2.26. The van der Waals surface area contributed by atoms with Crippen molar-refractivity contribution in [3.63, 3.8) is 0 Å². The van der Waals surface area contributed by atoms with E-state index in [-0.39, 0.29) is 11.8 Å². The van der Waals surface area contributed by atoms with Crippen LogP contribution in [0.5, 0.6) is 0 Å². The van der Waals surface area contributed by atoms with Gasteiger partial charge in [0, 0.05) is 29.9 Å². The van der Waals surface area contributed by atoms with Gasteiger partial charge in [0.05, 0.1) is 7.11 Å². The molecule has 0 saturated carbocycles. The molecule has 0 radical (unpaired) electrons. The van der Waals surface area contributed by atoms with Crippen molar-refractivity contribution in [2.75, 3.05) is 20.2 Å². The van der Waals surface area contributed by atoms with E-state index in [9.17, 15) is 4.79 Å². The second kappa shape index (κ2) is 4.95. The van der Waals surface area contributed by atoms with Crippen LogP contribution in [-0.2, 0) is 9.63 Å². The highest BCUT2D eigenvalue weighted by atomic mass is 35.5. The van der Waals surface area contributed by atoms with Gasteiger partial charge in [-0.05, 0) is 17.7 Å². The Bertz CT molecular complexity index is 366. The molecular formula is C12H14ClNO2. The first-order valence-electron chi connectivity index (χ1n) is 5.24. The first kappa shape index (κ1) is 11.6. The van der Waals surface area contributed by atoms with E-state index < -0.39 is 0 Å². The van der Waals surface area contributed by atoms with Crippen molar-refractivity contribution in [1.82, 2.24) is 5.06 Å². The lowest BCUT2D eigenvalue weighted by Crippen LogP contribution is -2.19. The second-order valence-corrected chi connectivity index (χ2v) is 4.42. The van der Waals surface area contributed by atoms with E-state index in [1.165, 1.54) is 0 Å². The quantitative estimate of drug-likeness (QED) is 0.757. The maximum absolute atomic E-state index is 11.0. The van der Waals surface area contributed by atoms with Crippen LogP contribution in [0.1, 0.15) is 11.5 Å². The molecule has 1 aliphatic heterocycles. The minimum Gasteiger partial charge on any atom is -0.303 e. The Labute approximate surface area is 99.9 Å². The van der Waals surface area contributed by atoms with Crippen LogP contribution in [0.4, 0.5) is 0 Å². The van der Waals surface area contributed by atoms with Crippen LogP contribution in [-0.4, -0.2) is 31.5 Å². The molecule has 1 fully saturated rings. The normalized spacial score (nSPS) is 25.9. The second-order valence-electron chi connectivity index (χ2n) is 3.99. The fraction of sp³-hybridized carbons (Fsp3) is 0.417. The van der Waals surface area contributed by atoms with Crippen LogP contribution in [0.15, 0.2) is 24.3 Å². The predicted octanol–water partition coefficient (Wildman–Crippen LogP) is 2.12. The van der Waals surface area contributed by atoms with E-state index >= 15 is 0 Å². The lowest BCUT2D eigenvalue weighted by atomic mass is 9.90. The van der Waals surface area contributed by atoms with Crippen LogP contribution in [0.25, 0.3) is 0 Å². The fourth-order valence-electron chi connectivity index (χ4n) is 2.14. The van der Waals surface area contributed by atoms with Crippen LogP contribution in [0.2, 0.25) is 5.02 Å². The van der Waals surface area contributed by atoms with E-state index in [0.29, 0.717) is 11.6 Å². The van der Waals surface area contributed by atoms with Gasteiger partial charge in [-0.25, -0.2) is 0 Å². The number of rotatable bonds is 3. The van der Waals surface area contributed by atoms with Crippen molar-refractivity contribution in [2.45, 2.75) is 5.92 Å². The van der Waals surface area contributed by atoms with Gasteiger partial charge in [0.2, 0.25) is 0 Å². The van der Waals surface area contributed by atoms with Gasteiger partial charge in [-0.2, -0.15) is 5.06 Å². The molecule has 0 aliphatic carbocycles. The van der Waals surface area contributed by atoms with E-state index in [2.05, 4.69) is 0 Å². The molecule has 0 N–H and O–H groups in total. The minimum atomic E-state index is 0.00104. The summed E-state index contributed by atoms with van der Waals surface area (Å²) in [4.78, 5) is 16.2. The van der Waals surface area contributed by atoms with Crippen LogP contribution in [0.3, 0.4) is 0 Å². The average Bonchev–Trinajstić information content (AvgIpc) is 2.73. The molecule has 0 spiro atoms. The fourth-order valence-corrected chi connectivity index (χ4v) is 2.27. The number of carbonyl (C=O) groups is 1. The van der Waals surface area contributed by atoms with Gasteiger partial charge in [-0.15, -0.1) is 0 Å². The zero-order chi connectivity index (χ0) is 11.5. The molecule has 1 heterocycles. The summed E-state index contributed by atoms with van der Waals surface area (Å²) in [7, 11) is 1.63. The first-order valence-corrected chi connectivity index (χ1v) is 5.62. The number of nitrogens with zero attached hydrogens (tertiary/aromatic N) is 1.